The summed E-state index contributed by atoms with van der Waals surface area (Å²) < 4.78 is 10.4. The highest BCUT2D eigenvalue weighted by molar-refractivity contribution is 5.79. The number of hydrogen-bond acceptors (Lipinski definition) is 4. The van der Waals surface area contributed by atoms with Gasteiger partial charge in [-0.2, -0.15) is 0 Å². The summed E-state index contributed by atoms with van der Waals surface area (Å²) in [4.78, 5) is 25.4. The Labute approximate surface area is 120 Å². The molecule has 2 N–H and O–H groups in total. The van der Waals surface area contributed by atoms with Gasteiger partial charge in [-0.05, 0) is 26.2 Å². The third kappa shape index (κ3) is 5.00. The van der Waals surface area contributed by atoms with Crippen molar-refractivity contribution in [3.8, 4) is 0 Å². The van der Waals surface area contributed by atoms with E-state index in [0.717, 1.165) is 0 Å². The first-order valence-corrected chi connectivity index (χ1v) is 7.08. The molecule has 1 rings (SSSR count). The van der Waals surface area contributed by atoms with Crippen LogP contribution in [-0.4, -0.2) is 48.8 Å². The van der Waals surface area contributed by atoms with Gasteiger partial charge in [-0.15, -0.1) is 0 Å². The van der Waals surface area contributed by atoms with Crippen molar-refractivity contribution >= 4 is 12.0 Å². The molecule has 0 bridgehead atoms. The lowest BCUT2D eigenvalue weighted by Crippen LogP contribution is -2.47. The standard InChI is InChI=1S/C14H26N2O4/c1-10(2)11(9-14(3,4)20-13(15)18)12(17)16-5-7-19-8-6-16/h10-11H,5-9H2,1-4H3,(H2,15,18)/t11-/m0/s1. The Hall–Kier alpha value is -1.30. The van der Waals surface area contributed by atoms with Gasteiger partial charge in [-0.3, -0.25) is 4.79 Å². The summed E-state index contributed by atoms with van der Waals surface area (Å²) in [6.07, 6.45) is -0.347. The fraction of sp³-hybridized carbons (Fsp3) is 0.857. The van der Waals surface area contributed by atoms with Gasteiger partial charge in [0.1, 0.15) is 5.60 Å². The van der Waals surface area contributed by atoms with Crippen LogP contribution in [0.3, 0.4) is 0 Å². The van der Waals surface area contributed by atoms with Crippen molar-refractivity contribution in [2.75, 3.05) is 26.3 Å². The molecule has 0 aliphatic carbocycles. The van der Waals surface area contributed by atoms with E-state index in [9.17, 15) is 9.59 Å². The molecule has 0 spiro atoms. The average molecular weight is 286 g/mol. The molecule has 0 aromatic heterocycles. The summed E-state index contributed by atoms with van der Waals surface area (Å²) in [6, 6.07) is 0. The van der Waals surface area contributed by atoms with Crippen LogP contribution >= 0.6 is 0 Å². The van der Waals surface area contributed by atoms with Crippen molar-refractivity contribution in [1.82, 2.24) is 4.90 Å². The summed E-state index contributed by atoms with van der Waals surface area (Å²) in [5, 5.41) is 0. The molecule has 0 unspecified atom stereocenters. The second kappa shape index (κ2) is 6.92. The van der Waals surface area contributed by atoms with E-state index in [-0.39, 0.29) is 17.7 Å². The summed E-state index contributed by atoms with van der Waals surface area (Å²) in [7, 11) is 0. The normalized spacial score (nSPS) is 17.9. The Balaban J connectivity index is 2.72. The zero-order valence-electron chi connectivity index (χ0n) is 12.8. The number of primary amides is 1. The van der Waals surface area contributed by atoms with Crippen LogP contribution in [0.4, 0.5) is 4.79 Å². The zero-order valence-corrected chi connectivity index (χ0v) is 12.8. The molecule has 2 amide bonds. The summed E-state index contributed by atoms with van der Waals surface area (Å²) in [5.41, 5.74) is 4.33. The first-order valence-electron chi connectivity index (χ1n) is 7.08. The Bertz CT molecular complexity index is 349. The van der Waals surface area contributed by atoms with Gasteiger partial charge in [0.05, 0.1) is 13.2 Å². The minimum Gasteiger partial charge on any atom is -0.444 e. The minimum absolute atomic E-state index is 0.101. The molecule has 0 aromatic carbocycles. The molecular formula is C14H26N2O4. The molecule has 1 aliphatic rings. The predicted octanol–water partition coefficient (Wildman–Crippen LogP) is 1.38. The second-order valence-electron chi connectivity index (χ2n) is 6.17. The monoisotopic (exact) mass is 286 g/mol. The predicted molar refractivity (Wildman–Crippen MR) is 75.1 cm³/mol. The van der Waals surface area contributed by atoms with Gasteiger partial charge in [0.15, 0.2) is 0 Å². The number of rotatable bonds is 5. The molecule has 1 saturated heterocycles. The molecule has 1 aliphatic heterocycles. The molecular weight excluding hydrogens is 260 g/mol. The number of carbonyl (C=O) groups excluding carboxylic acids is 2. The van der Waals surface area contributed by atoms with Crippen LogP contribution in [0.5, 0.6) is 0 Å². The molecule has 1 heterocycles. The van der Waals surface area contributed by atoms with Crippen LogP contribution in [0, 0.1) is 11.8 Å². The molecule has 116 valence electrons. The third-order valence-electron chi connectivity index (χ3n) is 3.53. The fourth-order valence-corrected chi connectivity index (χ4v) is 2.47. The maximum atomic E-state index is 12.6. The van der Waals surface area contributed by atoms with E-state index in [1.165, 1.54) is 0 Å². The molecule has 1 fully saturated rings. The molecule has 6 heteroatoms. The van der Waals surface area contributed by atoms with Crippen molar-refractivity contribution in [1.29, 1.82) is 0 Å². The van der Waals surface area contributed by atoms with Crippen molar-refractivity contribution < 1.29 is 19.1 Å². The Morgan fingerprint density at radius 2 is 1.85 bits per heavy atom. The van der Waals surface area contributed by atoms with Crippen LogP contribution in [-0.2, 0) is 14.3 Å². The molecule has 0 aromatic rings. The maximum Gasteiger partial charge on any atom is 0.405 e. The summed E-state index contributed by atoms with van der Waals surface area (Å²) >= 11 is 0. The van der Waals surface area contributed by atoms with E-state index in [1.54, 1.807) is 13.8 Å². The van der Waals surface area contributed by atoms with Crippen molar-refractivity contribution in [2.24, 2.45) is 17.6 Å². The smallest absolute Gasteiger partial charge is 0.405 e. The molecule has 0 radical (unpaired) electrons. The third-order valence-corrected chi connectivity index (χ3v) is 3.53. The van der Waals surface area contributed by atoms with Crippen LogP contribution in [0.1, 0.15) is 34.1 Å². The Kier molecular flexibility index (Phi) is 5.80. The van der Waals surface area contributed by atoms with Crippen LogP contribution in [0.25, 0.3) is 0 Å². The topological polar surface area (TPSA) is 81.9 Å². The Morgan fingerprint density at radius 3 is 2.30 bits per heavy atom. The van der Waals surface area contributed by atoms with E-state index in [1.807, 2.05) is 18.7 Å². The SMILES string of the molecule is CC(C)[C@H](CC(C)(C)OC(N)=O)C(=O)N1CCOCC1. The molecule has 6 nitrogen and oxygen atoms in total. The van der Waals surface area contributed by atoms with Gasteiger partial charge in [0.2, 0.25) is 5.91 Å². The van der Waals surface area contributed by atoms with E-state index in [2.05, 4.69) is 0 Å². The lowest BCUT2D eigenvalue weighted by atomic mass is 9.84. The highest BCUT2D eigenvalue weighted by atomic mass is 16.6. The maximum absolute atomic E-state index is 12.6. The summed E-state index contributed by atoms with van der Waals surface area (Å²) in [5.74, 6) is 0.0768. The van der Waals surface area contributed by atoms with E-state index >= 15 is 0 Å². The lowest BCUT2D eigenvalue weighted by Gasteiger charge is -2.35. The van der Waals surface area contributed by atoms with E-state index < -0.39 is 11.7 Å². The number of ether oxygens (including phenoxy) is 2. The first kappa shape index (κ1) is 16.8. The number of amides is 2. The largest absolute Gasteiger partial charge is 0.444 e. The average Bonchev–Trinajstić information content (AvgIpc) is 2.34. The van der Waals surface area contributed by atoms with Crippen molar-refractivity contribution in [3.05, 3.63) is 0 Å². The summed E-state index contributed by atoms with van der Waals surface area (Å²) in [6.45, 7) is 9.97. The van der Waals surface area contributed by atoms with Gasteiger partial charge in [-0.1, -0.05) is 13.8 Å². The highest BCUT2D eigenvalue weighted by Crippen LogP contribution is 2.28. The highest BCUT2D eigenvalue weighted by Gasteiger charge is 2.35. The van der Waals surface area contributed by atoms with Gasteiger partial charge in [0.25, 0.3) is 0 Å². The van der Waals surface area contributed by atoms with Crippen LogP contribution in [0.15, 0.2) is 0 Å². The van der Waals surface area contributed by atoms with Gasteiger partial charge < -0.3 is 20.1 Å². The van der Waals surface area contributed by atoms with Crippen molar-refractivity contribution in [2.45, 2.75) is 39.7 Å². The quantitative estimate of drug-likeness (QED) is 0.827. The number of morpholine rings is 1. The Morgan fingerprint density at radius 1 is 1.30 bits per heavy atom. The minimum atomic E-state index is -0.809. The number of hydrogen-bond donors (Lipinski definition) is 1. The molecule has 20 heavy (non-hydrogen) atoms. The zero-order chi connectivity index (χ0) is 15.3. The van der Waals surface area contributed by atoms with Gasteiger partial charge in [0, 0.05) is 19.0 Å². The van der Waals surface area contributed by atoms with E-state index in [4.69, 9.17) is 15.2 Å². The molecule has 0 saturated carbocycles. The fourth-order valence-electron chi connectivity index (χ4n) is 2.47. The first-order chi connectivity index (χ1) is 9.23. The lowest BCUT2D eigenvalue weighted by molar-refractivity contribution is -0.143. The van der Waals surface area contributed by atoms with Crippen LogP contribution in [0.2, 0.25) is 0 Å². The molecule has 1 atom stereocenters. The number of carbonyl (C=O) groups is 2. The van der Waals surface area contributed by atoms with Gasteiger partial charge in [-0.25, -0.2) is 4.79 Å². The second-order valence-corrected chi connectivity index (χ2v) is 6.17. The van der Waals surface area contributed by atoms with Crippen molar-refractivity contribution in [3.63, 3.8) is 0 Å². The van der Waals surface area contributed by atoms with E-state index in [0.29, 0.717) is 32.7 Å². The number of nitrogens with two attached hydrogens (primary N) is 1. The van der Waals surface area contributed by atoms with Crippen LogP contribution < -0.4 is 5.73 Å². The number of nitrogens with zero attached hydrogens (tertiary/aromatic N) is 1. The van der Waals surface area contributed by atoms with Gasteiger partial charge >= 0.3 is 6.09 Å².